The van der Waals surface area contributed by atoms with Gasteiger partial charge < -0.3 is 5.32 Å². The van der Waals surface area contributed by atoms with Crippen molar-refractivity contribution in [3.63, 3.8) is 0 Å². The van der Waals surface area contributed by atoms with Crippen molar-refractivity contribution in [3.05, 3.63) is 29.3 Å². The molecule has 3 unspecified atom stereocenters. The molecule has 2 nitrogen and oxygen atoms in total. The molecule has 0 heterocycles. The lowest BCUT2D eigenvalue weighted by Crippen LogP contribution is -2.27. The summed E-state index contributed by atoms with van der Waals surface area (Å²) in [6.07, 6.45) is 0.895. The number of halogens is 1. The monoisotopic (exact) mass is 259 g/mol. The molecule has 90 valence electrons. The molecule has 3 atom stereocenters. The second-order valence-electron chi connectivity index (χ2n) is 3.99. The van der Waals surface area contributed by atoms with E-state index in [0.717, 1.165) is 11.3 Å². The summed E-state index contributed by atoms with van der Waals surface area (Å²) < 4.78 is 12.1. The van der Waals surface area contributed by atoms with E-state index >= 15 is 0 Å². The van der Waals surface area contributed by atoms with Crippen LogP contribution in [0.25, 0.3) is 0 Å². The summed E-state index contributed by atoms with van der Waals surface area (Å²) in [5, 5.41) is 3.98. The summed E-state index contributed by atoms with van der Waals surface area (Å²) in [4.78, 5) is 0.847. The van der Waals surface area contributed by atoms with Crippen LogP contribution in [0.3, 0.4) is 0 Å². The van der Waals surface area contributed by atoms with Crippen molar-refractivity contribution in [1.82, 2.24) is 5.32 Å². The quantitative estimate of drug-likeness (QED) is 0.881. The number of benzene rings is 1. The third-order valence-electron chi connectivity index (χ3n) is 2.59. The van der Waals surface area contributed by atoms with E-state index in [4.69, 9.17) is 11.6 Å². The van der Waals surface area contributed by atoms with Crippen LogP contribution < -0.4 is 5.32 Å². The van der Waals surface area contributed by atoms with Gasteiger partial charge >= 0.3 is 0 Å². The fourth-order valence-corrected chi connectivity index (χ4v) is 2.96. The maximum Gasteiger partial charge on any atom is 0.0558 e. The Morgan fingerprint density at radius 1 is 1.31 bits per heavy atom. The molecule has 0 aromatic heterocycles. The molecule has 0 aliphatic carbocycles. The second-order valence-corrected chi connectivity index (χ2v) is 6.29. The number of rotatable bonds is 5. The molecular formula is C12H18ClNOS. The van der Waals surface area contributed by atoms with E-state index in [1.54, 1.807) is 12.1 Å². The zero-order valence-corrected chi connectivity index (χ0v) is 11.4. The fourth-order valence-electron chi connectivity index (χ4n) is 1.50. The fraction of sp³-hybridized carbons (Fsp3) is 0.500. The molecule has 16 heavy (non-hydrogen) atoms. The molecular weight excluding hydrogens is 242 g/mol. The Kier molecular flexibility index (Phi) is 5.46. The van der Waals surface area contributed by atoms with Gasteiger partial charge in [-0.2, -0.15) is 0 Å². The first-order chi connectivity index (χ1) is 7.54. The Balaban J connectivity index is 2.67. The maximum absolute atomic E-state index is 12.1. The first-order valence-electron chi connectivity index (χ1n) is 5.38. The molecule has 0 spiro atoms. The molecule has 0 aliphatic rings. The van der Waals surface area contributed by atoms with Gasteiger partial charge in [-0.05, 0) is 44.7 Å². The SMILES string of the molecule is CNC(C)CC(C)S(=O)c1ccc(Cl)cc1. The first-order valence-corrected chi connectivity index (χ1v) is 6.97. The molecule has 0 fully saturated rings. The molecule has 0 saturated carbocycles. The van der Waals surface area contributed by atoms with E-state index in [1.165, 1.54) is 0 Å². The smallest absolute Gasteiger partial charge is 0.0558 e. The van der Waals surface area contributed by atoms with Gasteiger partial charge in [-0.25, -0.2) is 0 Å². The van der Waals surface area contributed by atoms with Crippen molar-refractivity contribution in [1.29, 1.82) is 0 Å². The van der Waals surface area contributed by atoms with Crippen molar-refractivity contribution >= 4 is 22.4 Å². The zero-order valence-electron chi connectivity index (χ0n) is 9.87. The van der Waals surface area contributed by atoms with Crippen LogP contribution in [-0.4, -0.2) is 22.5 Å². The van der Waals surface area contributed by atoms with Crippen molar-refractivity contribution in [2.45, 2.75) is 36.5 Å². The Morgan fingerprint density at radius 3 is 2.38 bits per heavy atom. The highest BCUT2D eigenvalue weighted by Crippen LogP contribution is 2.17. The lowest BCUT2D eigenvalue weighted by atomic mass is 10.2. The van der Waals surface area contributed by atoms with E-state index in [0.29, 0.717) is 11.1 Å². The molecule has 1 aromatic rings. The van der Waals surface area contributed by atoms with Gasteiger partial charge in [0, 0.05) is 21.2 Å². The molecule has 0 aliphatic heterocycles. The van der Waals surface area contributed by atoms with Crippen LogP contribution >= 0.6 is 11.6 Å². The molecule has 1 N–H and O–H groups in total. The van der Waals surface area contributed by atoms with Crippen LogP contribution in [0.5, 0.6) is 0 Å². The third kappa shape index (κ3) is 3.89. The van der Waals surface area contributed by atoms with Crippen LogP contribution in [0, 0.1) is 0 Å². The highest BCUT2D eigenvalue weighted by molar-refractivity contribution is 7.85. The molecule has 0 bridgehead atoms. The number of hydrogen-bond donors (Lipinski definition) is 1. The molecule has 4 heteroatoms. The minimum Gasteiger partial charge on any atom is -0.317 e. The molecule has 0 amide bonds. The molecule has 0 radical (unpaired) electrons. The Labute approximate surface area is 105 Å². The van der Waals surface area contributed by atoms with Crippen LogP contribution in [0.15, 0.2) is 29.2 Å². The minimum atomic E-state index is -0.957. The van der Waals surface area contributed by atoms with Gasteiger partial charge in [0.2, 0.25) is 0 Å². The lowest BCUT2D eigenvalue weighted by molar-refractivity contribution is 0.554. The maximum atomic E-state index is 12.1. The summed E-state index contributed by atoms with van der Waals surface area (Å²) in [6, 6.07) is 7.61. The van der Waals surface area contributed by atoms with Gasteiger partial charge in [-0.15, -0.1) is 0 Å². The highest BCUT2D eigenvalue weighted by Gasteiger charge is 2.15. The third-order valence-corrected chi connectivity index (χ3v) is 4.50. The van der Waals surface area contributed by atoms with Gasteiger partial charge in [-0.1, -0.05) is 18.5 Å². The predicted octanol–water partition coefficient (Wildman–Crippen LogP) is 2.83. The average Bonchev–Trinajstić information content (AvgIpc) is 2.28. The molecule has 0 saturated heterocycles. The summed E-state index contributed by atoms with van der Waals surface area (Å²) in [6.45, 7) is 4.11. The minimum absolute atomic E-state index is 0.142. The van der Waals surface area contributed by atoms with Crippen molar-refractivity contribution < 1.29 is 4.21 Å². The van der Waals surface area contributed by atoms with Crippen molar-refractivity contribution in [2.75, 3.05) is 7.05 Å². The summed E-state index contributed by atoms with van der Waals surface area (Å²) in [5.41, 5.74) is 0. The van der Waals surface area contributed by atoms with E-state index in [-0.39, 0.29) is 5.25 Å². The first kappa shape index (κ1) is 13.7. The van der Waals surface area contributed by atoms with Crippen LogP contribution in [0.2, 0.25) is 5.02 Å². The summed E-state index contributed by atoms with van der Waals surface area (Å²) in [7, 11) is 0.962. The standard InChI is InChI=1S/C12H18ClNOS/c1-9(14-3)8-10(2)16(15)12-6-4-11(13)5-7-12/h4-7,9-10,14H,8H2,1-3H3. The van der Waals surface area contributed by atoms with Gasteiger partial charge in [0.25, 0.3) is 0 Å². The van der Waals surface area contributed by atoms with Gasteiger partial charge in [0.1, 0.15) is 0 Å². The number of hydrogen-bond acceptors (Lipinski definition) is 2. The normalized spacial score (nSPS) is 16.8. The Hall–Kier alpha value is -0.380. The predicted molar refractivity (Wildman–Crippen MR) is 70.5 cm³/mol. The summed E-state index contributed by atoms with van der Waals surface area (Å²) >= 11 is 5.79. The van der Waals surface area contributed by atoms with Crippen molar-refractivity contribution in [2.24, 2.45) is 0 Å². The van der Waals surface area contributed by atoms with E-state index in [9.17, 15) is 4.21 Å². The van der Waals surface area contributed by atoms with Gasteiger partial charge in [0.05, 0.1) is 10.8 Å². The molecule has 1 rings (SSSR count). The second kappa shape index (κ2) is 6.38. The van der Waals surface area contributed by atoms with E-state index in [2.05, 4.69) is 12.2 Å². The Bertz CT molecular complexity index is 353. The van der Waals surface area contributed by atoms with Crippen LogP contribution in [0.1, 0.15) is 20.3 Å². The zero-order chi connectivity index (χ0) is 12.1. The lowest BCUT2D eigenvalue weighted by Gasteiger charge is -2.16. The van der Waals surface area contributed by atoms with Crippen LogP contribution in [0.4, 0.5) is 0 Å². The average molecular weight is 260 g/mol. The highest BCUT2D eigenvalue weighted by atomic mass is 35.5. The van der Waals surface area contributed by atoms with E-state index in [1.807, 2.05) is 26.1 Å². The Morgan fingerprint density at radius 2 is 1.88 bits per heavy atom. The van der Waals surface area contributed by atoms with Crippen LogP contribution in [-0.2, 0) is 10.8 Å². The largest absolute Gasteiger partial charge is 0.317 e. The molecule has 1 aromatic carbocycles. The van der Waals surface area contributed by atoms with Gasteiger partial charge in [-0.3, -0.25) is 4.21 Å². The van der Waals surface area contributed by atoms with Gasteiger partial charge in [0.15, 0.2) is 0 Å². The van der Waals surface area contributed by atoms with Crippen molar-refractivity contribution in [3.8, 4) is 0 Å². The van der Waals surface area contributed by atoms with E-state index < -0.39 is 10.8 Å². The number of nitrogens with one attached hydrogen (secondary N) is 1. The topological polar surface area (TPSA) is 29.1 Å². The summed E-state index contributed by atoms with van der Waals surface area (Å²) in [5.74, 6) is 0.